The van der Waals surface area contributed by atoms with Gasteiger partial charge in [0.1, 0.15) is 5.75 Å². The van der Waals surface area contributed by atoms with Gasteiger partial charge in [0.15, 0.2) is 6.61 Å². The zero-order chi connectivity index (χ0) is 19.8. The lowest BCUT2D eigenvalue weighted by atomic mass is 9.94. The summed E-state index contributed by atoms with van der Waals surface area (Å²) in [7, 11) is 1.72. The van der Waals surface area contributed by atoms with E-state index in [1.165, 1.54) is 19.3 Å². The quantitative estimate of drug-likeness (QED) is 0.788. The van der Waals surface area contributed by atoms with Gasteiger partial charge in [-0.25, -0.2) is 4.79 Å². The number of benzene rings is 1. The molecule has 0 heterocycles. The molecule has 27 heavy (non-hydrogen) atoms. The van der Waals surface area contributed by atoms with Crippen molar-refractivity contribution in [1.29, 1.82) is 0 Å². The van der Waals surface area contributed by atoms with E-state index in [0.29, 0.717) is 11.8 Å². The van der Waals surface area contributed by atoms with Gasteiger partial charge in [0.05, 0.1) is 0 Å². The molecule has 0 bridgehead atoms. The van der Waals surface area contributed by atoms with Crippen LogP contribution in [-0.2, 0) is 4.79 Å². The van der Waals surface area contributed by atoms with Crippen LogP contribution in [0.5, 0.6) is 5.75 Å². The number of nitrogens with zero attached hydrogens (tertiary/aromatic N) is 2. The molecule has 0 aromatic heterocycles. The van der Waals surface area contributed by atoms with Gasteiger partial charge < -0.3 is 15.0 Å². The Bertz CT molecular complexity index is 610. The largest absolute Gasteiger partial charge is 0.484 e. The maximum atomic E-state index is 12.6. The van der Waals surface area contributed by atoms with Crippen LogP contribution in [0.1, 0.15) is 52.9 Å². The van der Waals surface area contributed by atoms with Crippen molar-refractivity contribution in [2.24, 2.45) is 0 Å². The smallest absolute Gasteiger partial charge is 0.321 e. The predicted octanol–water partition coefficient (Wildman–Crippen LogP) is 3.80. The van der Waals surface area contributed by atoms with Gasteiger partial charge >= 0.3 is 6.03 Å². The number of rotatable bonds is 7. The summed E-state index contributed by atoms with van der Waals surface area (Å²) in [6.45, 7) is 6.65. The van der Waals surface area contributed by atoms with Crippen molar-refractivity contribution in [3.05, 3.63) is 24.3 Å². The summed E-state index contributed by atoms with van der Waals surface area (Å²) in [5.41, 5.74) is 0.768. The van der Waals surface area contributed by atoms with Crippen molar-refractivity contribution < 1.29 is 14.3 Å². The standard InChI is InChI=1S/C21H33N3O3/c1-5-24(18-9-7-6-8-10-18)20(25)15-27-19-13-11-17(12-14-19)23(4)21(26)22-16(2)3/h11-14,16,18H,5-10,15H2,1-4H3,(H,22,26). The SMILES string of the molecule is CCN(C(=O)COc1ccc(N(C)C(=O)NC(C)C)cc1)C1CCCCC1. The lowest BCUT2D eigenvalue weighted by Crippen LogP contribution is -2.43. The maximum Gasteiger partial charge on any atom is 0.321 e. The molecule has 6 nitrogen and oxygen atoms in total. The van der Waals surface area contributed by atoms with Crippen molar-refractivity contribution in [2.45, 2.75) is 65.0 Å². The summed E-state index contributed by atoms with van der Waals surface area (Å²) in [5, 5.41) is 2.85. The third kappa shape index (κ3) is 6.15. The van der Waals surface area contributed by atoms with E-state index in [-0.39, 0.29) is 24.6 Å². The molecule has 1 aromatic rings. The van der Waals surface area contributed by atoms with E-state index in [1.54, 1.807) is 24.1 Å². The Morgan fingerprint density at radius 3 is 2.33 bits per heavy atom. The minimum atomic E-state index is -0.153. The van der Waals surface area contributed by atoms with E-state index in [9.17, 15) is 9.59 Å². The number of hydrogen-bond acceptors (Lipinski definition) is 3. The number of amides is 3. The Morgan fingerprint density at radius 2 is 1.78 bits per heavy atom. The van der Waals surface area contributed by atoms with Crippen molar-refractivity contribution in [1.82, 2.24) is 10.2 Å². The highest BCUT2D eigenvalue weighted by Crippen LogP contribution is 2.23. The minimum absolute atomic E-state index is 0.0434. The molecular weight excluding hydrogens is 342 g/mol. The fraction of sp³-hybridized carbons (Fsp3) is 0.619. The first-order chi connectivity index (χ1) is 12.9. The highest BCUT2D eigenvalue weighted by Gasteiger charge is 2.24. The zero-order valence-electron chi connectivity index (χ0n) is 17.0. The summed E-state index contributed by atoms with van der Waals surface area (Å²) < 4.78 is 5.69. The second-order valence-corrected chi connectivity index (χ2v) is 7.42. The molecule has 2 rings (SSSR count). The van der Waals surface area contributed by atoms with Crippen LogP contribution in [0.4, 0.5) is 10.5 Å². The van der Waals surface area contributed by atoms with E-state index in [2.05, 4.69) is 5.32 Å². The molecule has 1 N–H and O–H groups in total. The molecule has 150 valence electrons. The van der Waals surface area contributed by atoms with Crippen molar-refractivity contribution in [2.75, 3.05) is 25.1 Å². The number of likely N-dealkylation sites (N-methyl/N-ethyl adjacent to an activating group) is 1. The first-order valence-corrected chi connectivity index (χ1v) is 9.99. The third-order valence-electron chi connectivity index (χ3n) is 4.98. The number of carbonyl (C=O) groups is 2. The first kappa shape index (κ1) is 21.1. The number of urea groups is 1. The lowest BCUT2D eigenvalue weighted by molar-refractivity contribution is -0.136. The summed E-state index contributed by atoms with van der Waals surface area (Å²) in [6.07, 6.45) is 5.87. The molecule has 1 aliphatic rings. The number of hydrogen-bond donors (Lipinski definition) is 1. The van der Waals surface area contributed by atoms with E-state index < -0.39 is 0 Å². The fourth-order valence-corrected chi connectivity index (χ4v) is 3.49. The van der Waals surface area contributed by atoms with E-state index in [4.69, 9.17) is 4.74 Å². The molecule has 6 heteroatoms. The van der Waals surface area contributed by atoms with Crippen LogP contribution in [0.2, 0.25) is 0 Å². The molecule has 0 aliphatic heterocycles. The van der Waals surface area contributed by atoms with Gasteiger partial charge in [-0.2, -0.15) is 0 Å². The van der Waals surface area contributed by atoms with Crippen LogP contribution in [0, 0.1) is 0 Å². The highest BCUT2D eigenvalue weighted by molar-refractivity contribution is 5.91. The van der Waals surface area contributed by atoms with Gasteiger partial charge in [0, 0.05) is 31.4 Å². The van der Waals surface area contributed by atoms with Crippen molar-refractivity contribution >= 4 is 17.6 Å². The molecule has 1 aromatic carbocycles. The van der Waals surface area contributed by atoms with Crippen LogP contribution >= 0.6 is 0 Å². The third-order valence-corrected chi connectivity index (χ3v) is 4.98. The molecule has 1 fully saturated rings. The molecule has 1 saturated carbocycles. The molecule has 0 radical (unpaired) electrons. The van der Waals surface area contributed by atoms with Crippen LogP contribution in [0.3, 0.4) is 0 Å². The summed E-state index contributed by atoms with van der Waals surface area (Å²) in [4.78, 5) is 28.1. The number of ether oxygens (including phenoxy) is 1. The van der Waals surface area contributed by atoms with Gasteiger partial charge in [0.25, 0.3) is 5.91 Å². The summed E-state index contributed by atoms with van der Waals surface area (Å²) >= 11 is 0. The van der Waals surface area contributed by atoms with E-state index >= 15 is 0 Å². The number of nitrogens with one attached hydrogen (secondary N) is 1. The lowest BCUT2D eigenvalue weighted by Gasteiger charge is -2.33. The Kier molecular flexibility index (Phi) is 7.95. The van der Waals surface area contributed by atoms with E-state index in [1.807, 2.05) is 37.8 Å². The van der Waals surface area contributed by atoms with Crippen LogP contribution in [0.25, 0.3) is 0 Å². The Hall–Kier alpha value is -2.24. The molecule has 3 amide bonds. The van der Waals surface area contributed by atoms with Gasteiger partial charge in [-0.1, -0.05) is 19.3 Å². The average molecular weight is 376 g/mol. The number of anilines is 1. The summed E-state index contributed by atoms with van der Waals surface area (Å²) in [5.74, 6) is 0.673. The van der Waals surface area contributed by atoms with Crippen LogP contribution in [-0.4, -0.2) is 49.1 Å². The maximum absolute atomic E-state index is 12.6. The zero-order valence-corrected chi connectivity index (χ0v) is 17.0. The highest BCUT2D eigenvalue weighted by atomic mass is 16.5. The molecule has 0 unspecified atom stereocenters. The topological polar surface area (TPSA) is 61.9 Å². The van der Waals surface area contributed by atoms with E-state index in [0.717, 1.165) is 25.1 Å². The molecule has 0 spiro atoms. The normalized spacial score (nSPS) is 14.7. The first-order valence-electron chi connectivity index (χ1n) is 9.99. The van der Waals surface area contributed by atoms with Gasteiger partial charge in [-0.15, -0.1) is 0 Å². The molecular formula is C21H33N3O3. The van der Waals surface area contributed by atoms with Gasteiger partial charge in [-0.3, -0.25) is 9.69 Å². The predicted molar refractivity (Wildman–Crippen MR) is 108 cm³/mol. The van der Waals surface area contributed by atoms with Crippen molar-refractivity contribution in [3.63, 3.8) is 0 Å². The van der Waals surface area contributed by atoms with Gasteiger partial charge in [-0.05, 0) is 57.9 Å². The second-order valence-electron chi connectivity index (χ2n) is 7.42. The molecule has 1 aliphatic carbocycles. The summed E-state index contributed by atoms with van der Waals surface area (Å²) in [6, 6.07) is 7.50. The molecule has 0 saturated heterocycles. The number of carbonyl (C=O) groups excluding carboxylic acids is 2. The monoisotopic (exact) mass is 375 g/mol. The van der Waals surface area contributed by atoms with Crippen molar-refractivity contribution in [3.8, 4) is 5.75 Å². The van der Waals surface area contributed by atoms with Gasteiger partial charge in [0.2, 0.25) is 0 Å². The Morgan fingerprint density at radius 1 is 1.15 bits per heavy atom. The van der Waals surface area contributed by atoms with Crippen LogP contribution in [0.15, 0.2) is 24.3 Å². The van der Waals surface area contributed by atoms with Crippen LogP contribution < -0.4 is 15.0 Å². The second kappa shape index (κ2) is 10.2. The average Bonchev–Trinajstić information content (AvgIpc) is 2.67. The fourth-order valence-electron chi connectivity index (χ4n) is 3.49. The Labute approximate surface area is 162 Å². The Balaban J connectivity index is 1.88. The minimum Gasteiger partial charge on any atom is -0.484 e. The molecule has 0 atom stereocenters.